The van der Waals surface area contributed by atoms with Gasteiger partial charge in [0.2, 0.25) is 0 Å². The minimum Gasteiger partial charge on any atom is -0.388 e. The van der Waals surface area contributed by atoms with E-state index in [4.69, 9.17) is 11.6 Å². The van der Waals surface area contributed by atoms with Crippen LogP contribution in [0.15, 0.2) is 52.5 Å². The lowest BCUT2D eigenvalue weighted by Crippen LogP contribution is -1.94. The number of benzene rings is 1. The van der Waals surface area contributed by atoms with Crippen molar-refractivity contribution in [1.29, 1.82) is 0 Å². The van der Waals surface area contributed by atoms with E-state index in [0.717, 1.165) is 21.9 Å². The van der Waals surface area contributed by atoms with Gasteiger partial charge in [-0.2, -0.15) is 0 Å². The van der Waals surface area contributed by atoms with Crippen LogP contribution in [0.3, 0.4) is 0 Å². The fourth-order valence-corrected chi connectivity index (χ4v) is 2.56. The molecule has 0 radical (unpaired) electrons. The van der Waals surface area contributed by atoms with Crippen LogP contribution in [0.5, 0.6) is 0 Å². The van der Waals surface area contributed by atoms with Crippen LogP contribution in [0, 0.1) is 0 Å². The van der Waals surface area contributed by atoms with Gasteiger partial charge in [0.15, 0.2) is 0 Å². The van der Waals surface area contributed by atoms with Crippen molar-refractivity contribution in [2.45, 2.75) is 29.4 Å². The largest absolute Gasteiger partial charge is 0.388 e. The molecule has 2 rings (SSSR count). The molecule has 0 aliphatic heterocycles. The Morgan fingerprint density at radius 1 is 1.28 bits per heavy atom. The van der Waals surface area contributed by atoms with Crippen LogP contribution in [0.2, 0.25) is 5.02 Å². The number of halogens is 1. The molecule has 2 aromatic rings. The maximum absolute atomic E-state index is 9.71. The first-order valence-electron chi connectivity index (χ1n) is 5.77. The van der Waals surface area contributed by atoms with E-state index in [-0.39, 0.29) is 6.10 Å². The first-order chi connectivity index (χ1) is 8.70. The molecule has 94 valence electrons. The number of nitrogens with zero attached hydrogens (tertiary/aromatic N) is 1. The Morgan fingerprint density at radius 2 is 2.00 bits per heavy atom. The first-order valence-corrected chi connectivity index (χ1v) is 6.96. The monoisotopic (exact) mass is 279 g/mol. The van der Waals surface area contributed by atoms with Crippen molar-refractivity contribution >= 4 is 23.4 Å². The average Bonchev–Trinajstić information content (AvgIpc) is 2.41. The van der Waals surface area contributed by atoms with Gasteiger partial charge in [0.25, 0.3) is 0 Å². The van der Waals surface area contributed by atoms with E-state index < -0.39 is 0 Å². The van der Waals surface area contributed by atoms with E-state index in [1.807, 2.05) is 43.3 Å². The first kappa shape index (κ1) is 13.4. The Balaban J connectivity index is 2.14. The summed E-state index contributed by atoms with van der Waals surface area (Å²) < 4.78 is 0. The molecule has 0 spiro atoms. The minimum atomic E-state index is -0.387. The molecule has 1 heterocycles. The van der Waals surface area contributed by atoms with Gasteiger partial charge in [-0.15, -0.1) is 0 Å². The summed E-state index contributed by atoms with van der Waals surface area (Å²) in [5.74, 6) is 0. The van der Waals surface area contributed by atoms with Crippen molar-refractivity contribution < 1.29 is 5.11 Å². The van der Waals surface area contributed by atoms with E-state index in [1.165, 1.54) is 11.8 Å². The molecule has 0 saturated heterocycles. The van der Waals surface area contributed by atoms with E-state index in [1.54, 1.807) is 6.20 Å². The van der Waals surface area contributed by atoms with Gasteiger partial charge in [-0.25, -0.2) is 4.98 Å². The Labute approximate surface area is 116 Å². The number of rotatable bonds is 4. The van der Waals surface area contributed by atoms with Crippen molar-refractivity contribution in [3.63, 3.8) is 0 Å². The van der Waals surface area contributed by atoms with Crippen LogP contribution in [-0.4, -0.2) is 10.1 Å². The van der Waals surface area contributed by atoms with Crippen molar-refractivity contribution in [3.8, 4) is 0 Å². The highest BCUT2D eigenvalue weighted by Crippen LogP contribution is 2.31. The Hall–Kier alpha value is -1.03. The molecular formula is C14H14ClNOS. The Morgan fingerprint density at radius 3 is 2.61 bits per heavy atom. The number of hydrogen-bond donors (Lipinski definition) is 1. The maximum atomic E-state index is 9.71. The van der Waals surface area contributed by atoms with Crippen LogP contribution in [0.25, 0.3) is 0 Å². The van der Waals surface area contributed by atoms with Crippen molar-refractivity contribution in [1.82, 2.24) is 4.98 Å². The summed E-state index contributed by atoms with van der Waals surface area (Å²) in [5.41, 5.74) is 0.939. The average molecular weight is 280 g/mol. The molecule has 4 heteroatoms. The third-order valence-electron chi connectivity index (χ3n) is 2.59. The summed E-state index contributed by atoms with van der Waals surface area (Å²) in [6, 6.07) is 11.5. The SMILES string of the molecule is CC[C@@H](O)c1ccc(Sc2ncccc2Cl)cc1. The summed E-state index contributed by atoms with van der Waals surface area (Å²) in [6.07, 6.45) is 2.06. The molecule has 1 aromatic heterocycles. The summed E-state index contributed by atoms with van der Waals surface area (Å²) in [6.45, 7) is 1.96. The summed E-state index contributed by atoms with van der Waals surface area (Å²) in [5, 5.41) is 11.2. The van der Waals surface area contributed by atoms with Crippen LogP contribution in [0.1, 0.15) is 25.0 Å². The molecular weight excluding hydrogens is 266 g/mol. The van der Waals surface area contributed by atoms with Gasteiger partial charge in [-0.3, -0.25) is 0 Å². The fraction of sp³-hybridized carbons (Fsp3) is 0.214. The standard InChI is InChI=1S/C14H14ClNOS/c1-2-13(17)10-5-7-11(8-6-10)18-14-12(15)4-3-9-16-14/h3-9,13,17H,2H2,1H3/t13-/m1/s1. The lowest BCUT2D eigenvalue weighted by Gasteiger charge is -2.08. The lowest BCUT2D eigenvalue weighted by molar-refractivity contribution is 0.173. The third-order valence-corrected chi connectivity index (χ3v) is 4.03. The van der Waals surface area contributed by atoms with Gasteiger partial charge >= 0.3 is 0 Å². The van der Waals surface area contributed by atoms with Crippen LogP contribution >= 0.6 is 23.4 Å². The zero-order valence-electron chi connectivity index (χ0n) is 10.0. The highest BCUT2D eigenvalue weighted by atomic mass is 35.5. The summed E-state index contributed by atoms with van der Waals surface area (Å²) >= 11 is 7.57. The second kappa shape index (κ2) is 6.23. The van der Waals surface area contributed by atoms with E-state index in [0.29, 0.717) is 5.02 Å². The van der Waals surface area contributed by atoms with Crippen molar-refractivity contribution in [3.05, 3.63) is 53.2 Å². The fourth-order valence-electron chi connectivity index (χ4n) is 1.55. The molecule has 0 amide bonds. The molecule has 0 aliphatic carbocycles. The summed E-state index contributed by atoms with van der Waals surface area (Å²) in [7, 11) is 0. The predicted octanol–water partition coefficient (Wildman–Crippen LogP) is 4.33. The number of aliphatic hydroxyl groups excluding tert-OH is 1. The van der Waals surface area contributed by atoms with Gasteiger partial charge in [0, 0.05) is 11.1 Å². The Bertz CT molecular complexity index is 515. The number of pyridine rings is 1. The van der Waals surface area contributed by atoms with Crippen LogP contribution in [-0.2, 0) is 0 Å². The molecule has 1 N–H and O–H groups in total. The topological polar surface area (TPSA) is 33.1 Å². The number of aliphatic hydroxyl groups is 1. The predicted molar refractivity (Wildman–Crippen MR) is 75.1 cm³/mol. The molecule has 0 saturated carbocycles. The normalized spacial score (nSPS) is 12.4. The Kier molecular flexibility index (Phi) is 4.64. The van der Waals surface area contributed by atoms with E-state index in [2.05, 4.69) is 4.98 Å². The second-order valence-corrected chi connectivity index (χ2v) is 5.35. The van der Waals surface area contributed by atoms with Gasteiger partial charge < -0.3 is 5.11 Å². The second-order valence-electron chi connectivity index (χ2n) is 3.89. The smallest absolute Gasteiger partial charge is 0.119 e. The van der Waals surface area contributed by atoms with Crippen molar-refractivity contribution in [2.24, 2.45) is 0 Å². The maximum Gasteiger partial charge on any atom is 0.119 e. The van der Waals surface area contributed by atoms with Crippen LogP contribution in [0.4, 0.5) is 0 Å². The quantitative estimate of drug-likeness (QED) is 0.904. The lowest BCUT2D eigenvalue weighted by atomic mass is 10.1. The van der Waals surface area contributed by atoms with Crippen LogP contribution < -0.4 is 0 Å². The number of aromatic nitrogens is 1. The minimum absolute atomic E-state index is 0.387. The van der Waals surface area contributed by atoms with Gasteiger partial charge in [0.1, 0.15) is 5.03 Å². The molecule has 0 aliphatic rings. The molecule has 18 heavy (non-hydrogen) atoms. The zero-order valence-corrected chi connectivity index (χ0v) is 11.6. The highest BCUT2D eigenvalue weighted by Gasteiger charge is 2.06. The molecule has 1 atom stereocenters. The molecule has 0 bridgehead atoms. The zero-order chi connectivity index (χ0) is 13.0. The van der Waals surface area contributed by atoms with Gasteiger partial charge in [-0.05, 0) is 36.2 Å². The highest BCUT2D eigenvalue weighted by molar-refractivity contribution is 7.99. The van der Waals surface area contributed by atoms with E-state index >= 15 is 0 Å². The summed E-state index contributed by atoms with van der Waals surface area (Å²) in [4.78, 5) is 5.29. The van der Waals surface area contributed by atoms with Crippen molar-refractivity contribution in [2.75, 3.05) is 0 Å². The molecule has 1 aromatic carbocycles. The molecule has 0 fully saturated rings. The number of hydrogen-bond acceptors (Lipinski definition) is 3. The molecule has 2 nitrogen and oxygen atoms in total. The van der Waals surface area contributed by atoms with Gasteiger partial charge in [-0.1, -0.05) is 42.4 Å². The molecule has 0 unspecified atom stereocenters. The van der Waals surface area contributed by atoms with Gasteiger partial charge in [0.05, 0.1) is 11.1 Å². The van der Waals surface area contributed by atoms with E-state index in [9.17, 15) is 5.11 Å². The third kappa shape index (κ3) is 3.25.